The molecular formula is C12H18ClNO4S2. The quantitative estimate of drug-likeness (QED) is 0.772. The highest BCUT2D eigenvalue weighted by Crippen LogP contribution is 2.24. The first-order valence-corrected chi connectivity index (χ1v) is 9.93. The van der Waals surface area contributed by atoms with E-state index >= 15 is 0 Å². The molecule has 0 aliphatic rings. The molecule has 0 aliphatic heterocycles. The highest BCUT2D eigenvalue weighted by Gasteiger charge is 2.20. The standard InChI is InChI=1S/C12H18ClNO4S2/c1-3-4-5-8-14-20(17,18)12-9-10(19(2,15)16)6-7-11(12)13/h6-7,9,14H,3-5,8H2,1-2H3. The second-order valence-corrected chi connectivity index (χ2v) is 8.63. The van der Waals surface area contributed by atoms with E-state index in [1.807, 2.05) is 6.92 Å². The Morgan fingerprint density at radius 2 is 1.80 bits per heavy atom. The molecule has 0 aliphatic carbocycles. The second kappa shape index (κ2) is 6.89. The van der Waals surface area contributed by atoms with E-state index in [-0.39, 0.29) is 14.8 Å². The summed E-state index contributed by atoms with van der Waals surface area (Å²) in [6, 6.07) is 3.64. The van der Waals surface area contributed by atoms with Crippen LogP contribution >= 0.6 is 11.6 Å². The largest absolute Gasteiger partial charge is 0.242 e. The number of rotatable bonds is 7. The first kappa shape index (κ1) is 17.4. The summed E-state index contributed by atoms with van der Waals surface area (Å²) in [4.78, 5) is -0.283. The van der Waals surface area contributed by atoms with Crippen molar-refractivity contribution >= 4 is 31.5 Å². The lowest BCUT2D eigenvalue weighted by atomic mass is 10.3. The summed E-state index contributed by atoms with van der Waals surface area (Å²) < 4.78 is 49.6. The molecule has 0 aromatic heterocycles. The van der Waals surface area contributed by atoms with Crippen molar-refractivity contribution < 1.29 is 16.8 Å². The molecule has 0 fully saturated rings. The van der Waals surface area contributed by atoms with Crippen LogP contribution in [0.25, 0.3) is 0 Å². The Bertz CT molecular complexity index is 669. The number of sulfonamides is 1. The minimum Gasteiger partial charge on any atom is -0.224 e. The van der Waals surface area contributed by atoms with E-state index in [2.05, 4.69) is 4.72 Å². The molecule has 1 rings (SSSR count). The molecule has 1 aromatic carbocycles. The number of sulfone groups is 1. The minimum absolute atomic E-state index is 0.000363. The third kappa shape index (κ3) is 4.73. The maximum absolute atomic E-state index is 12.1. The second-order valence-electron chi connectivity index (χ2n) is 4.47. The molecule has 114 valence electrons. The molecule has 20 heavy (non-hydrogen) atoms. The smallest absolute Gasteiger partial charge is 0.224 e. The van der Waals surface area contributed by atoms with Crippen molar-refractivity contribution in [1.82, 2.24) is 4.72 Å². The molecule has 0 bridgehead atoms. The summed E-state index contributed by atoms with van der Waals surface area (Å²) in [5.74, 6) is 0. The molecule has 0 atom stereocenters. The highest BCUT2D eigenvalue weighted by atomic mass is 35.5. The van der Waals surface area contributed by atoms with Crippen molar-refractivity contribution in [3.63, 3.8) is 0 Å². The van der Waals surface area contributed by atoms with Gasteiger partial charge in [-0.3, -0.25) is 0 Å². The van der Waals surface area contributed by atoms with E-state index < -0.39 is 19.9 Å². The Kier molecular flexibility index (Phi) is 6.00. The van der Waals surface area contributed by atoms with Gasteiger partial charge in [-0.05, 0) is 24.6 Å². The van der Waals surface area contributed by atoms with Gasteiger partial charge in [0.05, 0.1) is 9.92 Å². The monoisotopic (exact) mass is 339 g/mol. The average molecular weight is 340 g/mol. The summed E-state index contributed by atoms with van der Waals surface area (Å²) in [5, 5.41) is 0.000363. The number of nitrogens with one attached hydrogen (secondary N) is 1. The Hall–Kier alpha value is -0.630. The Morgan fingerprint density at radius 3 is 2.35 bits per heavy atom. The van der Waals surface area contributed by atoms with Gasteiger partial charge in [-0.1, -0.05) is 31.4 Å². The van der Waals surface area contributed by atoms with Crippen LogP contribution in [0.4, 0.5) is 0 Å². The van der Waals surface area contributed by atoms with Crippen molar-refractivity contribution in [3.05, 3.63) is 23.2 Å². The molecular weight excluding hydrogens is 322 g/mol. The predicted molar refractivity (Wildman–Crippen MR) is 79.3 cm³/mol. The van der Waals surface area contributed by atoms with Crippen molar-refractivity contribution in [2.24, 2.45) is 0 Å². The highest BCUT2D eigenvalue weighted by molar-refractivity contribution is 7.91. The molecule has 5 nitrogen and oxygen atoms in total. The molecule has 1 N–H and O–H groups in total. The van der Waals surface area contributed by atoms with Gasteiger partial charge in [-0.2, -0.15) is 0 Å². The predicted octanol–water partition coefficient (Wildman–Crippen LogP) is 2.21. The molecule has 0 heterocycles. The van der Waals surface area contributed by atoms with Gasteiger partial charge in [-0.15, -0.1) is 0 Å². The van der Waals surface area contributed by atoms with Crippen molar-refractivity contribution in [2.45, 2.75) is 36.0 Å². The average Bonchev–Trinajstić information content (AvgIpc) is 2.33. The molecule has 0 unspecified atom stereocenters. The fraction of sp³-hybridized carbons (Fsp3) is 0.500. The molecule has 0 saturated carbocycles. The van der Waals surface area contributed by atoms with Gasteiger partial charge in [-0.25, -0.2) is 21.6 Å². The number of unbranched alkanes of at least 4 members (excludes halogenated alkanes) is 2. The fourth-order valence-electron chi connectivity index (χ4n) is 1.58. The number of benzene rings is 1. The van der Waals surface area contributed by atoms with Crippen LogP contribution in [0.3, 0.4) is 0 Å². The van der Waals surface area contributed by atoms with E-state index in [0.29, 0.717) is 6.54 Å². The zero-order valence-electron chi connectivity index (χ0n) is 11.4. The molecule has 0 amide bonds. The summed E-state index contributed by atoms with van der Waals surface area (Å²) in [7, 11) is -7.28. The molecule has 0 saturated heterocycles. The van der Waals surface area contributed by atoms with Crippen LogP contribution in [-0.4, -0.2) is 29.6 Å². The van der Waals surface area contributed by atoms with Crippen LogP contribution in [0.15, 0.2) is 28.0 Å². The summed E-state index contributed by atoms with van der Waals surface area (Å²) in [6.45, 7) is 2.32. The van der Waals surface area contributed by atoms with Crippen LogP contribution in [0, 0.1) is 0 Å². The Morgan fingerprint density at radius 1 is 1.15 bits per heavy atom. The van der Waals surface area contributed by atoms with E-state index in [0.717, 1.165) is 31.6 Å². The topological polar surface area (TPSA) is 80.3 Å². The minimum atomic E-state index is -3.80. The van der Waals surface area contributed by atoms with E-state index in [1.165, 1.54) is 12.1 Å². The molecule has 1 aromatic rings. The van der Waals surface area contributed by atoms with Crippen molar-refractivity contribution in [1.29, 1.82) is 0 Å². The first-order valence-electron chi connectivity index (χ1n) is 6.17. The maximum Gasteiger partial charge on any atom is 0.242 e. The van der Waals surface area contributed by atoms with E-state index in [1.54, 1.807) is 0 Å². The summed E-state index contributed by atoms with van der Waals surface area (Å²) in [6.07, 6.45) is 3.63. The lowest BCUT2D eigenvalue weighted by molar-refractivity contribution is 0.575. The fourth-order valence-corrected chi connectivity index (χ4v) is 3.90. The van der Waals surface area contributed by atoms with Crippen LogP contribution < -0.4 is 4.72 Å². The number of hydrogen-bond acceptors (Lipinski definition) is 4. The van der Waals surface area contributed by atoms with Crippen LogP contribution in [0.5, 0.6) is 0 Å². The molecule has 8 heteroatoms. The maximum atomic E-state index is 12.1. The van der Waals surface area contributed by atoms with Crippen LogP contribution in [0.1, 0.15) is 26.2 Å². The van der Waals surface area contributed by atoms with Gasteiger partial charge >= 0.3 is 0 Å². The Labute approximate surface area is 125 Å². The third-order valence-corrected chi connectivity index (χ3v) is 5.75. The SMILES string of the molecule is CCCCCNS(=O)(=O)c1cc(S(C)(=O)=O)ccc1Cl. The van der Waals surface area contributed by atoms with Crippen LogP contribution in [-0.2, 0) is 19.9 Å². The van der Waals surface area contributed by atoms with Gasteiger partial charge in [0.25, 0.3) is 0 Å². The third-order valence-electron chi connectivity index (χ3n) is 2.69. The zero-order chi connectivity index (χ0) is 15.4. The van der Waals surface area contributed by atoms with Gasteiger partial charge < -0.3 is 0 Å². The van der Waals surface area contributed by atoms with E-state index in [9.17, 15) is 16.8 Å². The van der Waals surface area contributed by atoms with Gasteiger partial charge in [0.15, 0.2) is 9.84 Å². The number of hydrogen-bond donors (Lipinski definition) is 1. The molecule has 0 radical (unpaired) electrons. The zero-order valence-corrected chi connectivity index (χ0v) is 13.8. The number of halogens is 1. The summed E-state index contributed by atoms with van der Waals surface area (Å²) in [5.41, 5.74) is 0. The van der Waals surface area contributed by atoms with Crippen molar-refractivity contribution in [3.8, 4) is 0 Å². The summed E-state index contributed by atoms with van der Waals surface area (Å²) >= 11 is 5.86. The lowest BCUT2D eigenvalue weighted by Crippen LogP contribution is -2.25. The van der Waals surface area contributed by atoms with Gasteiger partial charge in [0.1, 0.15) is 4.90 Å². The van der Waals surface area contributed by atoms with Gasteiger partial charge in [0.2, 0.25) is 10.0 Å². The Balaban J connectivity index is 3.05. The van der Waals surface area contributed by atoms with E-state index in [4.69, 9.17) is 11.6 Å². The lowest BCUT2D eigenvalue weighted by Gasteiger charge is -2.09. The normalized spacial score (nSPS) is 12.6. The van der Waals surface area contributed by atoms with Crippen molar-refractivity contribution in [2.75, 3.05) is 12.8 Å². The van der Waals surface area contributed by atoms with Gasteiger partial charge in [0, 0.05) is 12.8 Å². The van der Waals surface area contributed by atoms with Crippen LogP contribution in [0.2, 0.25) is 5.02 Å². The first-order chi connectivity index (χ1) is 9.18. The molecule has 0 spiro atoms.